The molecule has 0 aliphatic heterocycles. The molecule has 0 aliphatic carbocycles. The Balaban J connectivity index is 0.000000621. The van der Waals surface area contributed by atoms with Crippen LogP contribution in [0.4, 0.5) is 5.69 Å². The predicted molar refractivity (Wildman–Crippen MR) is 111 cm³/mol. The highest BCUT2D eigenvalue weighted by Gasteiger charge is 2.26. The van der Waals surface area contributed by atoms with Gasteiger partial charge in [0.25, 0.3) is 0 Å². The first kappa shape index (κ1) is 26.1. The summed E-state index contributed by atoms with van der Waals surface area (Å²) in [5.74, 6) is -0.203. The summed E-state index contributed by atoms with van der Waals surface area (Å²) >= 11 is 0. The van der Waals surface area contributed by atoms with Gasteiger partial charge < -0.3 is 10.1 Å². The second-order valence-electron chi connectivity index (χ2n) is 7.72. The minimum absolute atomic E-state index is 0.0234. The predicted octanol–water partition coefficient (Wildman–Crippen LogP) is 3.69. The van der Waals surface area contributed by atoms with Crippen molar-refractivity contribution in [3.63, 3.8) is 0 Å². The molecule has 0 aliphatic rings. The molecule has 1 aromatic rings. The van der Waals surface area contributed by atoms with Gasteiger partial charge in [0.1, 0.15) is 0 Å². The third kappa shape index (κ3) is 8.39. The summed E-state index contributed by atoms with van der Waals surface area (Å²) < 4.78 is 27.0. The molecule has 0 radical (unpaired) electrons. The summed E-state index contributed by atoms with van der Waals surface area (Å²) in [7, 11) is -3.69. The van der Waals surface area contributed by atoms with Crippen LogP contribution in [0.25, 0.3) is 0 Å². The molecule has 0 heterocycles. The second-order valence-corrected chi connectivity index (χ2v) is 9.28. The molecule has 0 saturated heterocycles. The van der Waals surface area contributed by atoms with Crippen LogP contribution in [-0.4, -0.2) is 26.9 Å². The van der Waals surface area contributed by atoms with Crippen molar-refractivity contribution in [2.45, 2.75) is 66.2 Å². The van der Waals surface area contributed by atoms with Crippen molar-refractivity contribution in [2.75, 3.05) is 11.9 Å². The molecule has 0 saturated carbocycles. The smallest absolute Gasteiger partial charge is 0.311 e. The summed E-state index contributed by atoms with van der Waals surface area (Å²) in [6.45, 7) is 13.7. The van der Waals surface area contributed by atoms with Gasteiger partial charge >= 0.3 is 5.97 Å². The van der Waals surface area contributed by atoms with Crippen LogP contribution in [-0.2, 0) is 24.3 Å². The van der Waals surface area contributed by atoms with E-state index in [4.69, 9.17) is 9.88 Å². The minimum Gasteiger partial charge on any atom is -0.466 e. The maximum Gasteiger partial charge on any atom is 0.311 e. The van der Waals surface area contributed by atoms with Crippen LogP contribution in [0.1, 0.15) is 61.3 Å². The van der Waals surface area contributed by atoms with Crippen molar-refractivity contribution in [3.8, 4) is 0 Å². The number of benzene rings is 1. The number of amides is 1. The van der Waals surface area contributed by atoms with Crippen LogP contribution < -0.4 is 10.5 Å². The van der Waals surface area contributed by atoms with Gasteiger partial charge in [-0.25, -0.2) is 13.6 Å². The van der Waals surface area contributed by atoms with Crippen LogP contribution in [0.15, 0.2) is 29.2 Å². The second kappa shape index (κ2) is 10.6. The first-order chi connectivity index (χ1) is 12.7. The Morgan fingerprint density at radius 1 is 0.964 bits per heavy atom. The Labute approximate surface area is 169 Å². The lowest BCUT2D eigenvalue weighted by Gasteiger charge is -2.21. The number of carbonyl (C=O) groups excluding carboxylic acids is 2. The SMILES string of the molecule is CCC(C)(C)C(=O)Nc1ccc(S(N)(=O)=O)cc1.CCOC(=O)C(C)(C)CC. The van der Waals surface area contributed by atoms with Crippen molar-refractivity contribution in [1.82, 2.24) is 0 Å². The van der Waals surface area contributed by atoms with E-state index < -0.39 is 15.4 Å². The molecule has 0 atom stereocenters. The summed E-state index contributed by atoms with van der Waals surface area (Å²) in [5, 5.41) is 7.72. The van der Waals surface area contributed by atoms with Gasteiger partial charge in [-0.3, -0.25) is 9.59 Å². The number of carbonyl (C=O) groups is 2. The molecule has 28 heavy (non-hydrogen) atoms. The first-order valence-corrected chi connectivity index (χ1v) is 10.9. The Hall–Kier alpha value is -1.93. The normalized spacial score (nSPS) is 11.9. The van der Waals surface area contributed by atoms with Gasteiger partial charge in [-0.05, 0) is 57.9 Å². The van der Waals surface area contributed by atoms with Gasteiger partial charge in [0, 0.05) is 11.1 Å². The van der Waals surface area contributed by atoms with Crippen LogP contribution in [0.2, 0.25) is 0 Å². The Morgan fingerprint density at radius 2 is 1.43 bits per heavy atom. The number of anilines is 1. The van der Waals surface area contributed by atoms with Crippen LogP contribution >= 0.6 is 0 Å². The lowest BCUT2D eigenvalue weighted by atomic mass is 9.89. The monoisotopic (exact) mass is 414 g/mol. The topological polar surface area (TPSA) is 116 Å². The lowest BCUT2D eigenvalue weighted by Crippen LogP contribution is -2.29. The molecule has 1 rings (SSSR count). The number of hydrogen-bond donors (Lipinski definition) is 2. The van der Waals surface area contributed by atoms with Gasteiger partial charge in [0.2, 0.25) is 15.9 Å². The average molecular weight is 415 g/mol. The summed E-state index contributed by atoms with van der Waals surface area (Å²) in [4.78, 5) is 23.0. The molecule has 0 aromatic heterocycles. The maximum atomic E-state index is 11.9. The van der Waals surface area contributed by atoms with E-state index in [2.05, 4.69) is 5.32 Å². The molecular formula is C20H34N2O5S. The highest BCUT2D eigenvalue weighted by molar-refractivity contribution is 7.89. The zero-order chi connectivity index (χ0) is 22.2. The molecular weight excluding hydrogens is 380 g/mol. The third-order valence-electron chi connectivity index (χ3n) is 4.65. The number of nitrogens with two attached hydrogens (primary N) is 1. The Bertz CT molecular complexity index is 753. The number of hydrogen-bond acceptors (Lipinski definition) is 5. The van der Waals surface area contributed by atoms with Gasteiger partial charge in [-0.1, -0.05) is 27.7 Å². The van der Waals surface area contributed by atoms with E-state index in [1.165, 1.54) is 24.3 Å². The molecule has 0 unspecified atom stereocenters. The lowest BCUT2D eigenvalue weighted by molar-refractivity contribution is -0.153. The van der Waals surface area contributed by atoms with Crippen molar-refractivity contribution >= 4 is 27.6 Å². The zero-order valence-corrected chi connectivity index (χ0v) is 18.8. The number of ether oxygens (including phenoxy) is 1. The van der Waals surface area contributed by atoms with Crippen molar-refractivity contribution < 1.29 is 22.7 Å². The molecule has 160 valence electrons. The number of primary sulfonamides is 1. The molecule has 0 fully saturated rings. The van der Waals surface area contributed by atoms with E-state index in [1.807, 2.05) is 48.5 Å². The van der Waals surface area contributed by atoms with E-state index in [-0.39, 0.29) is 22.2 Å². The van der Waals surface area contributed by atoms with E-state index in [0.717, 1.165) is 6.42 Å². The van der Waals surface area contributed by atoms with Crippen molar-refractivity contribution in [1.29, 1.82) is 0 Å². The zero-order valence-electron chi connectivity index (χ0n) is 18.0. The number of rotatable bonds is 7. The van der Waals surface area contributed by atoms with E-state index in [0.29, 0.717) is 18.7 Å². The van der Waals surface area contributed by atoms with Crippen molar-refractivity contribution in [2.24, 2.45) is 16.0 Å². The van der Waals surface area contributed by atoms with Gasteiger partial charge in [0.15, 0.2) is 0 Å². The highest BCUT2D eigenvalue weighted by atomic mass is 32.2. The number of esters is 1. The molecule has 1 amide bonds. The van der Waals surface area contributed by atoms with Gasteiger partial charge in [0.05, 0.1) is 16.9 Å². The molecule has 3 N–H and O–H groups in total. The van der Waals surface area contributed by atoms with E-state index in [1.54, 1.807) is 0 Å². The fraction of sp³-hybridized carbons (Fsp3) is 0.600. The fourth-order valence-electron chi connectivity index (χ4n) is 1.66. The average Bonchev–Trinajstić information content (AvgIpc) is 2.62. The summed E-state index contributed by atoms with van der Waals surface area (Å²) in [6.07, 6.45) is 1.54. The largest absolute Gasteiger partial charge is 0.466 e. The molecule has 0 spiro atoms. The van der Waals surface area contributed by atoms with E-state index >= 15 is 0 Å². The summed E-state index contributed by atoms with van der Waals surface area (Å²) in [6, 6.07) is 5.76. The van der Waals surface area contributed by atoms with Gasteiger partial charge in [-0.15, -0.1) is 0 Å². The van der Waals surface area contributed by atoms with Crippen LogP contribution in [0.3, 0.4) is 0 Å². The standard InChI is InChI=1S/C12H18N2O3S.C8H16O2/c1-4-12(2,3)11(15)14-9-5-7-10(8-6-9)18(13,16)17;1-5-8(3,4)7(9)10-6-2/h5-8H,4H2,1-3H3,(H,14,15)(H2,13,16,17);5-6H2,1-4H3. The Kier molecular flexibility index (Phi) is 9.84. The number of nitrogens with one attached hydrogen (secondary N) is 1. The molecule has 0 bridgehead atoms. The number of sulfonamides is 1. The molecule has 1 aromatic carbocycles. The molecule has 8 heteroatoms. The fourth-order valence-corrected chi connectivity index (χ4v) is 2.18. The minimum atomic E-state index is -3.69. The first-order valence-electron chi connectivity index (χ1n) is 9.32. The summed E-state index contributed by atoms with van der Waals surface area (Å²) in [5.41, 5.74) is -0.219. The quantitative estimate of drug-likeness (QED) is 0.660. The van der Waals surface area contributed by atoms with Crippen LogP contribution in [0.5, 0.6) is 0 Å². The third-order valence-corrected chi connectivity index (χ3v) is 5.58. The highest BCUT2D eigenvalue weighted by Crippen LogP contribution is 2.23. The maximum absolute atomic E-state index is 11.9. The van der Waals surface area contributed by atoms with Gasteiger partial charge in [-0.2, -0.15) is 0 Å². The van der Waals surface area contributed by atoms with Crippen molar-refractivity contribution in [3.05, 3.63) is 24.3 Å². The molecule has 7 nitrogen and oxygen atoms in total. The van der Waals surface area contributed by atoms with E-state index in [9.17, 15) is 18.0 Å². The van der Waals surface area contributed by atoms with Crippen LogP contribution in [0, 0.1) is 10.8 Å². The Morgan fingerprint density at radius 3 is 1.79 bits per heavy atom.